The number of amides is 2. The molecule has 0 saturated carbocycles. The zero-order valence-electron chi connectivity index (χ0n) is 14.5. The summed E-state index contributed by atoms with van der Waals surface area (Å²) >= 11 is 1.58. The molecule has 1 aliphatic heterocycles. The SMILES string of the molecule is O=C(NCc1ccco1)C1CCc2sc(C(=O)N3CCOCC3)cc2C1. The van der Waals surface area contributed by atoms with E-state index in [1.807, 2.05) is 23.1 Å². The van der Waals surface area contributed by atoms with Crippen molar-refractivity contribution in [3.05, 3.63) is 45.5 Å². The van der Waals surface area contributed by atoms with E-state index in [0.717, 1.165) is 29.0 Å². The van der Waals surface area contributed by atoms with Crippen LogP contribution in [0.2, 0.25) is 0 Å². The van der Waals surface area contributed by atoms with Crippen LogP contribution in [0, 0.1) is 5.92 Å². The molecule has 1 N–H and O–H groups in total. The standard InChI is InChI=1S/C19H22N2O4S/c22-18(20-12-15-2-1-7-25-15)13-3-4-16-14(10-13)11-17(26-16)19(23)21-5-8-24-9-6-21/h1-2,7,11,13H,3-6,8-10,12H2,(H,20,22). The highest BCUT2D eigenvalue weighted by atomic mass is 32.1. The molecule has 0 aromatic carbocycles. The molecule has 3 heterocycles. The molecular weight excluding hydrogens is 352 g/mol. The fourth-order valence-electron chi connectivity index (χ4n) is 3.51. The number of furan rings is 1. The molecule has 138 valence electrons. The number of nitrogens with one attached hydrogen (secondary N) is 1. The van der Waals surface area contributed by atoms with Crippen LogP contribution in [0.25, 0.3) is 0 Å². The Morgan fingerprint density at radius 2 is 2.15 bits per heavy atom. The molecule has 1 atom stereocenters. The summed E-state index contributed by atoms with van der Waals surface area (Å²) in [7, 11) is 0. The Hall–Kier alpha value is -2.12. The third-order valence-electron chi connectivity index (χ3n) is 4.98. The molecule has 2 aromatic heterocycles. The largest absolute Gasteiger partial charge is 0.467 e. The van der Waals surface area contributed by atoms with Gasteiger partial charge in [0.2, 0.25) is 5.91 Å². The number of hydrogen-bond acceptors (Lipinski definition) is 5. The lowest BCUT2D eigenvalue weighted by atomic mass is 9.87. The lowest BCUT2D eigenvalue weighted by Crippen LogP contribution is -2.40. The summed E-state index contributed by atoms with van der Waals surface area (Å²) in [5.74, 6) is 0.855. The second kappa shape index (κ2) is 7.63. The van der Waals surface area contributed by atoms with E-state index in [1.165, 1.54) is 4.88 Å². The fraction of sp³-hybridized carbons (Fsp3) is 0.474. The molecule has 2 amide bonds. The van der Waals surface area contributed by atoms with Crippen LogP contribution in [0.5, 0.6) is 0 Å². The Kier molecular flexibility index (Phi) is 5.08. The van der Waals surface area contributed by atoms with Crippen LogP contribution >= 0.6 is 11.3 Å². The van der Waals surface area contributed by atoms with E-state index >= 15 is 0 Å². The quantitative estimate of drug-likeness (QED) is 0.891. The van der Waals surface area contributed by atoms with Gasteiger partial charge in [0.05, 0.1) is 30.9 Å². The molecule has 1 fully saturated rings. The Labute approximate surface area is 156 Å². The smallest absolute Gasteiger partial charge is 0.264 e. The first kappa shape index (κ1) is 17.3. The topological polar surface area (TPSA) is 71.8 Å². The number of aryl methyl sites for hydroxylation is 1. The van der Waals surface area contributed by atoms with Crippen LogP contribution in [-0.4, -0.2) is 43.0 Å². The molecule has 7 heteroatoms. The van der Waals surface area contributed by atoms with E-state index in [-0.39, 0.29) is 17.7 Å². The van der Waals surface area contributed by atoms with Gasteiger partial charge in [0.15, 0.2) is 0 Å². The minimum absolute atomic E-state index is 0.0431. The molecule has 1 unspecified atom stereocenters. The van der Waals surface area contributed by atoms with Gasteiger partial charge in [-0.15, -0.1) is 11.3 Å². The number of morpholine rings is 1. The molecule has 6 nitrogen and oxygen atoms in total. The number of carbonyl (C=O) groups is 2. The number of nitrogens with zero attached hydrogens (tertiary/aromatic N) is 1. The highest BCUT2D eigenvalue weighted by Crippen LogP contribution is 2.33. The second-order valence-electron chi connectivity index (χ2n) is 6.70. The number of ether oxygens (including phenoxy) is 1. The molecule has 2 aromatic rings. The van der Waals surface area contributed by atoms with Crippen molar-refractivity contribution in [3.63, 3.8) is 0 Å². The number of fused-ring (bicyclic) bond motifs is 1. The van der Waals surface area contributed by atoms with Gasteiger partial charge in [-0.2, -0.15) is 0 Å². The number of rotatable bonds is 4. The Balaban J connectivity index is 1.38. The van der Waals surface area contributed by atoms with Crippen molar-refractivity contribution in [3.8, 4) is 0 Å². The predicted octanol–water partition coefficient (Wildman–Crippen LogP) is 2.23. The molecule has 0 bridgehead atoms. The highest BCUT2D eigenvalue weighted by Gasteiger charge is 2.28. The molecular formula is C19H22N2O4S. The van der Waals surface area contributed by atoms with Gasteiger partial charge in [0.1, 0.15) is 5.76 Å². The van der Waals surface area contributed by atoms with Crippen molar-refractivity contribution in [1.82, 2.24) is 10.2 Å². The third-order valence-corrected chi connectivity index (χ3v) is 6.20. The maximum atomic E-state index is 12.7. The van der Waals surface area contributed by atoms with E-state index in [4.69, 9.17) is 9.15 Å². The van der Waals surface area contributed by atoms with Gasteiger partial charge in [0.25, 0.3) is 5.91 Å². The average Bonchev–Trinajstić information content (AvgIpc) is 3.35. The number of carbonyl (C=O) groups excluding carboxylic acids is 2. The van der Waals surface area contributed by atoms with Crippen LogP contribution in [0.4, 0.5) is 0 Å². The molecule has 0 radical (unpaired) electrons. The van der Waals surface area contributed by atoms with Crippen molar-refractivity contribution in [1.29, 1.82) is 0 Å². The van der Waals surface area contributed by atoms with Gasteiger partial charge in [-0.05, 0) is 43.0 Å². The van der Waals surface area contributed by atoms with Gasteiger partial charge in [-0.25, -0.2) is 0 Å². The first-order valence-electron chi connectivity index (χ1n) is 8.99. The monoisotopic (exact) mass is 374 g/mol. The molecule has 1 aliphatic carbocycles. The summed E-state index contributed by atoms with van der Waals surface area (Å²) in [6.45, 7) is 2.93. The first-order chi connectivity index (χ1) is 12.7. The zero-order valence-corrected chi connectivity index (χ0v) is 15.3. The lowest BCUT2D eigenvalue weighted by Gasteiger charge is -2.26. The van der Waals surface area contributed by atoms with Crippen LogP contribution in [0.15, 0.2) is 28.9 Å². The predicted molar refractivity (Wildman–Crippen MR) is 97.1 cm³/mol. The molecule has 1 saturated heterocycles. The van der Waals surface area contributed by atoms with Gasteiger partial charge < -0.3 is 19.4 Å². The van der Waals surface area contributed by atoms with Crippen LogP contribution in [0.1, 0.15) is 32.3 Å². The van der Waals surface area contributed by atoms with Gasteiger partial charge in [0, 0.05) is 23.9 Å². The van der Waals surface area contributed by atoms with Crippen molar-refractivity contribution >= 4 is 23.2 Å². The summed E-state index contributed by atoms with van der Waals surface area (Å²) in [4.78, 5) is 29.0. The normalized spacial score (nSPS) is 19.8. The molecule has 4 rings (SSSR count). The maximum absolute atomic E-state index is 12.7. The summed E-state index contributed by atoms with van der Waals surface area (Å²) in [6, 6.07) is 5.65. The van der Waals surface area contributed by atoms with Crippen molar-refractivity contribution in [2.75, 3.05) is 26.3 Å². The summed E-state index contributed by atoms with van der Waals surface area (Å²) in [6.07, 6.45) is 3.98. The van der Waals surface area contributed by atoms with Crippen molar-refractivity contribution < 1.29 is 18.7 Å². The van der Waals surface area contributed by atoms with Crippen LogP contribution < -0.4 is 5.32 Å². The first-order valence-corrected chi connectivity index (χ1v) is 9.81. The Morgan fingerprint density at radius 3 is 2.92 bits per heavy atom. The highest BCUT2D eigenvalue weighted by molar-refractivity contribution is 7.14. The summed E-state index contributed by atoms with van der Waals surface area (Å²) < 4.78 is 10.6. The van der Waals surface area contributed by atoms with Crippen molar-refractivity contribution in [2.45, 2.75) is 25.8 Å². The molecule has 0 spiro atoms. The fourth-order valence-corrected chi connectivity index (χ4v) is 4.68. The van der Waals surface area contributed by atoms with Gasteiger partial charge in [-0.1, -0.05) is 0 Å². The van der Waals surface area contributed by atoms with Crippen molar-refractivity contribution in [2.24, 2.45) is 5.92 Å². The Morgan fingerprint density at radius 1 is 1.31 bits per heavy atom. The van der Waals surface area contributed by atoms with E-state index in [9.17, 15) is 9.59 Å². The summed E-state index contributed by atoms with van der Waals surface area (Å²) in [5, 5.41) is 2.95. The minimum atomic E-state index is -0.0431. The van der Waals surface area contributed by atoms with E-state index in [0.29, 0.717) is 39.3 Å². The maximum Gasteiger partial charge on any atom is 0.264 e. The zero-order chi connectivity index (χ0) is 17.9. The molecule has 2 aliphatic rings. The second-order valence-corrected chi connectivity index (χ2v) is 7.84. The van der Waals surface area contributed by atoms with Crippen LogP contribution in [-0.2, 0) is 28.9 Å². The molecule has 26 heavy (non-hydrogen) atoms. The Bertz CT molecular complexity index is 778. The van der Waals surface area contributed by atoms with E-state index in [1.54, 1.807) is 17.6 Å². The number of thiophene rings is 1. The third kappa shape index (κ3) is 3.68. The van der Waals surface area contributed by atoms with Crippen LogP contribution in [0.3, 0.4) is 0 Å². The average molecular weight is 374 g/mol. The van der Waals surface area contributed by atoms with E-state index < -0.39 is 0 Å². The van der Waals surface area contributed by atoms with Gasteiger partial charge in [-0.3, -0.25) is 9.59 Å². The van der Waals surface area contributed by atoms with Gasteiger partial charge >= 0.3 is 0 Å². The lowest BCUT2D eigenvalue weighted by molar-refractivity contribution is -0.125. The summed E-state index contributed by atoms with van der Waals surface area (Å²) in [5.41, 5.74) is 1.15. The van der Waals surface area contributed by atoms with E-state index in [2.05, 4.69) is 5.32 Å². The minimum Gasteiger partial charge on any atom is -0.467 e. The number of hydrogen-bond donors (Lipinski definition) is 1.